The van der Waals surface area contributed by atoms with Crippen molar-refractivity contribution in [2.24, 2.45) is 0 Å². The van der Waals surface area contributed by atoms with E-state index in [0.29, 0.717) is 6.04 Å². The summed E-state index contributed by atoms with van der Waals surface area (Å²) in [4.78, 5) is 2.25. The fraction of sp³-hybridized carbons (Fsp3) is 0.538. The molecule has 0 aliphatic heterocycles. The van der Waals surface area contributed by atoms with E-state index in [-0.39, 0.29) is 24.8 Å². The molecule has 1 aromatic rings. The number of nitrogens with zero attached hydrogens (tertiary/aromatic N) is 1. The molecule has 0 aliphatic rings. The third kappa shape index (κ3) is 6.45. The van der Waals surface area contributed by atoms with Gasteiger partial charge in [-0.15, -0.1) is 24.8 Å². The number of ether oxygens (including phenoxy) is 1. The van der Waals surface area contributed by atoms with Gasteiger partial charge in [0.15, 0.2) is 0 Å². The molecule has 106 valence electrons. The van der Waals surface area contributed by atoms with Crippen LogP contribution in [0.4, 0.5) is 0 Å². The summed E-state index contributed by atoms with van der Waals surface area (Å²) in [6.45, 7) is 0.990. The Labute approximate surface area is 123 Å². The molecule has 0 unspecified atom stereocenters. The first kappa shape index (κ1) is 19.9. The molecule has 0 amide bonds. The molecular weight excluding hydrogens is 271 g/mol. The van der Waals surface area contributed by atoms with Crippen LogP contribution >= 0.6 is 24.8 Å². The zero-order valence-electron chi connectivity index (χ0n) is 11.5. The summed E-state index contributed by atoms with van der Waals surface area (Å²) in [6.07, 6.45) is 1.03. The van der Waals surface area contributed by atoms with E-state index in [0.717, 1.165) is 18.7 Å². The van der Waals surface area contributed by atoms with Crippen LogP contribution in [0.25, 0.3) is 0 Å². The van der Waals surface area contributed by atoms with Gasteiger partial charge in [-0.2, -0.15) is 0 Å². The third-order valence-electron chi connectivity index (χ3n) is 2.78. The molecule has 5 heteroatoms. The van der Waals surface area contributed by atoms with E-state index in [9.17, 15) is 0 Å². The third-order valence-corrected chi connectivity index (χ3v) is 2.78. The summed E-state index contributed by atoms with van der Waals surface area (Å²) >= 11 is 0. The van der Waals surface area contributed by atoms with Gasteiger partial charge in [-0.25, -0.2) is 0 Å². The summed E-state index contributed by atoms with van der Waals surface area (Å²) < 4.78 is 5.23. The Bertz CT molecular complexity index is 322. The SMILES string of the molecule is CNC[C@@H](Cc1cccc(OC)c1)N(C)C.Cl.Cl. The van der Waals surface area contributed by atoms with E-state index in [1.807, 2.05) is 19.2 Å². The van der Waals surface area contributed by atoms with Crippen LogP contribution in [-0.4, -0.2) is 45.7 Å². The molecule has 1 N–H and O–H groups in total. The van der Waals surface area contributed by atoms with Gasteiger partial charge in [0.1, 0.15) is 5.75 Å². The summed E-state index contributed by atoms with van der Waals surface area (Å²) in [7, 11) is 7.92. The first-order chi connectivity index (χ1) is 7.67. The van der Waals surface area contributed by atoms with Crippen LogP contribution in [0.1, 0.15) is 5.56 Å². The minimum Gasteiger partial charge on any atom is -0.497 e. The molecule has 1 atom stereocenters. The topological polar surface area (TPSA) is 24.5 Å². The molecule has 0 heterocycles. The van der Waals surface area contributed by atoms with Crippen molar-refractivity contribution in [2.75, 3.05) is 34.8 Å². The Morgan fingerprint density at radius 1 is 1.28 bits per heavy atom. The van der Waals surface area contributed by atoms with E-state index < -0.39 is 0 Å². The van der Waals surface area contributed by atoms with Crippen LogP contribution < -0.4 is 10.1 Å². The normalized spacial score (nSPS) is 11.4. The zero-order valence-corrected chi connectivity index (χ0v) is 13.1. The standard InChI is InChI=1S/C13H22N2O.2ClH/c1-14-10-12(15(2)3)8-11-6-5-7-13(9-11)16-4;;/h5-7,9,12,14H,8,10H2,1-4H3;2*1H/t12-;;/m1../s1. The predicted octanol–water partition coefficient (Wildman–Crippen LogP) is 2.23. The number of likely N-dealkylation sites (N-methyl/N-ethyl adjacent to an activating group) is 2. The maximum Gasteiger partial charge on any atom is 0.119 e. The first-order valence-electron chi connectivity index (χ1n) is 5.61. The molecular formula is C13H24Cl2N2O. The predicted molar refractivity (Wildman–Crippen MR) is 82.6 cm³/mol. The lowest BCUT2D eigenvalue weighted by molar-refractivity contribution is 0.286. The van der Waals surface area contributed by atoms with Crippen molar-refractivity contribution in [1.82, 2.24) is 10.2 Å². The zero-order chi connectivity index (χ0) is 12.0. The van der Waals surface area contributed by atoms with Crippen LogP contribution in [-0.2, 0) is 6.42 Å². The average molecular weight is 295 g/mol. The van der Waals surface area contributed by atoms with Gasteiger partial charge < -0.3 is 15.0 Å². The molecule has 3 nitrogen and oxygen atoms in total. The van der Waals surface area contributed by atoms with Crippen molar-refractivity contribution >= 4 is 24.8 Å². The van der Waals surface area contributed by atoms with E-state index in [4.69, 9.17) is 4.74 Å². The Morgan fingerprint density at radius 2 is 1.94 bits per heavy atom. The van der Waals surface area contributed by atoms with Crippen LogP contribution in [0.2, 0.25) is 0 Å². The van der Waals surface area contributed by atoms with Crippen molar-refractivity contribution in [1.29, 1.82) is 0 Å². The Kier molecular flexibility index (Phi) is 11.5. The minimum atomic E-state index is 0. The largest absolute Gasteiger partial charge is 0.497 e. The Hall–Kier alpha value is -0.480. The second-order valence-electron chi connectivity index (χ2n) is 4.23. The number of halogens is 2. The number of rotatable bonds is 6. The van der Waals surface area contributed by atoms with Crippen LogP contribution in [0.15, 0.2) is 24.3 Å². The van der Waals surface area contributed by atoms with Crippen LogP contribution in [0, 0.1) is 0 Å². The number of nitrogens with one attached hydrogen (secondary N) is 1. The van der Waals surface area contributed by atoms with Gasteiger partial charge in [0.25, 0.3) is 0 Å². The smallest absolute Gasteiger partial charge is 0.119 e. The van der Waals surface area contributed by atoms with Crippen molar-refractivity contribution < 1.29 is 4.74 Å². The van der Waals surface area contributed by atoms with Gasteiger partial charge in [0, 0.05) is 12.6 Å². The minimum absolute atomic E-state index is 0. The fourth-order valence-corrected chi connectivity index (χ4v) is 1.74. The highest BCUT2D eigenvalue weighted by atomic mass is 35.5. The second-order valence-corrected chi connectivity index (χ2v) is 4.23. The molecule has 0 saturated carbocycles. The van der Waals surface area contributed by atoms with E-state index in [2.05, 4.69) is 36.4 Å². The number of benzene rings is 1. The van der Waals surface area contributed by atoms with Crippen LogP contribution in [0.5, 0.6) is 5.75 Å². The molecule has 18 heavy (non-hydrogen) atoms. The van der Waals surface area contributed by atoms with Crippen molar-refractivity contribution in [2.45, 2.75) is 12.5 Å². The highest BCUT2D eigenvalue weighted by molar-refractivity contribution is 5.85. The van der Waals surface area contributed by atoms with Crippen molar-refractivity contribution in [3.63, 3.8) is 0 Å². The van der Waals surface area contributed by atoms with E-state index in [1.54, 1.807) is 7.11 Å². The number of hydrogen-bond donors (Lipinski definition) is 1. The van der Waals surface area contributed by atoms with Gasteiger partial charge in [0.2, 0.25) is 0 Å². The van der Waals surface area contributed by atoms with Gasteiger partial charge in [0.05, 0.1) is 7.11 Å². The van der Waals surface area contributed by atoms with Gasteiger partial charge in [-0.3, -0.25) is 0 Å². The maximum atomic E-state index is 5.23. The summed E-state index contributed by atoms with van der Waals surface area (Å²) in [5.41, 5.74) is 1.31. The maximum absolute atomic E-state index is 5.23. The lowest BCUT2D eigenvalue weighted by Crippen LogP contribution is -2.38. The molecule has 0 aliphatic carbocycles. The molecule has 0 saturated heterocycles. The van der Waals surface area contributed by atoms with Gasteiger partial charge in [-0.1, -0.05) is 12.1 Å². The van der Waals surface area contributed by atoms with E-state index in [1.165, 1.54) is 5.56 Å². The highest BCUT2D eigenvalue weighted by Gasteiger charge is 2.11. The average Bonchev–Trinajstić information content (AvgIpc) is 2.28. The Balaban J connectivity index is 0. The lowest BCUT2D eigenvalue weighted by Gasteiger charge is -2.24. The quantitative estimate of drug-likeness (QED) is 0.871. The molecule has 1 rings (SSSR count). The molecule has 0 aromatic heterocycles. The molecule has 0 bridgehead atoms. The van der Waals surface area contributed by atoms with Crippen molar-refractivity contribution in [3.8, 4) is 5.75 Å². The summed E-state index contributed by atoms with van der Waals surface area (Å²) in [6, 6.07) is 8.78. The monoisotopic (exact) mass is 294 g/mol. The second kappa shape index (κ2) is 10.4. The van der Waals surface area contributed by atoms with Crippen LogP contribution in [0.3, 0.4) is 0 Å². The Morgan fingerprint density at radius 3 is 2.44 bits per heavy atom. The highest BCUT2D eigenvalue weighted by Crippen LogP contribution is 2.14. The first-order valence-corrected chi connectivity index (χ1v) is 5.61. The number of hydrogen-bond acceptors (Lipinski definition) is 3. The fourth-order valence-electron chi connectivity index (χ4n) is 1.74. The molecule has 0 spiro atoms. The lowest BCUT2D eigenvalue weighted by atomic mass is 10.0. The summed E-state index contributed by atoms with van der Waals surface area (Å²) in [5, 5.41) is 3.23. The molecule has 0 radical (unpaired) electrons. The van der Waals surface area contributed by atoms with Crippen molar-refractivity contribution in [3.05, 3.63) is 29.8 Å². The number of methoxy groups -OCH3 is 1. The van der Waals surface area contributed by atoms with Gasteiger partial charge in [-0.05, 0) is 45.3 Å². The molecule has 0 fully saturated rings. The molecule has 1 aromatic carbocycles. The summed E-state index contributed by atoms with van der Waals surface area (Å²) in [5.74, 6) is 0.930. The van der Waals surface area contributed by atoms with Gasteiger partial charge >= 0.3 is 0 Å². The van der Waals surface area contributed by atoms with E-state index >= 15 is 0 Å².